The first-order valence-electron chi connectivity index (χ1n) is 8.81. The van der Waals surface area contributed by atoms with Gasteiger partial charge in [0.2, 0.25) is 0 Å². The van der Waals surface area contributed by atoms with E-state index >= 15 is 0 Å². The largest absolute Gasteiger partial charge is 0.364 e. The number of benzene rings is 1. The summed E-state index contributed by atoms with van der Waals surface area (Å²) in [6.45, 7) is 0.773. The van der Waals surface area contributed by atoms with Crippen LogP contribution in [0.15, 0.2) is 24.5 Å². The molecular weight excluding hydrogens is 359 g/mol. The minimum atomic E-state index is -0.942. The van der Waals surface area contributed by atoms with Crippen LogP contribution in [0.25, 0.3) is 11.2 Å². The minimum Gasteiger partial charge on any atom is -0.364 e. The van der Waals surface area contributed by atoms with Crippen molar-refractivity contribution in [2.45, 2.75) is 38.5 Å². The maximum atomic E-state index is 14.0. The average Bonchev–Trinajstić information content (AvgIpc) is 2.88. The molecule has 0 amide bonds. The van der Waals surface area contributed by atoms with Crippen LogP contribution in [-0.2, 0) is 11.3 Å². The zero-order valence-electron chi connectivity index (χ0n) is 14.5. The molecule has 6 nitrogen and oxygen atoms in total. The molecule has 1 fully saturated rings. The number of nitrogens with one attached hydrogen (secondary N) is 1. The number of ether oxygens (including phenoxy) is 1. The summed E-state index contributed by atoms with van der Waals surface area (Å²) in [5.41, 5.74) is 1.22. The number of anilines is 1. The number of imidazole rings is 1. The summed E-state index contributed by atoms with van der Waals surface area (Å²) in [6.07, 6.45) is 4.32. The fourth-order valence-corrected chi connectivity index (χ4v) is 3.18. The molecular formula is C18H18F3N5O. The molecule has 1 aliphatic heterocycles. The third-order valence-electron chi connectivity index (χ3n) is 4.55. The van der Waals surface area contributed by atoms with Crippen LogP contribution in [-0.4, -0.2) is 26.1 Å². The molecule has 9 heteroatoms. The lowest BCUT2D eigenvalue weighted by Crippen LogP contribution is -2.12. The van der Waals surface area contributed by atoms with Crippen LogP contribution >= 0.6 is 0 Å². The fourth-order valence-electron chi connectivity index (χ4n) is 3.18. The lowest BCUT2D eigenvalue weighted by molar-refractivity contribution is 0.00928. The van der Waals surface area contributed by atoms with E-state index in [9.17, 15) is 13.2 Å². The van der Waals surface area contributed by atoms with Crippen LogP contribution < -0.4 is 5.32 Å². The lowest BCUT2D eigenvalue weighted by Gasteiger charge is -2.16. The van der Waals surface area contributed by atoms with Crippen LogP contribution in [0.3, 0.4) is 0 Å². The van der Waals surface area contributed by atoms with Crippen molar-refractivity contribution < 1.29 is 17.9 Å². The maximum absolute atomic E-state index is 14.0. The Balaban J connectivity index is 1.62. The third kappa shape index (κ3) is 3.73. The molecule has 1 atom stereocenters. The van der Waals surface area contributed by atoms with Crippen molar-refractivity contribution in [3.8, 4) is 0 Å². The highest BCUT2D eigenvalue weighted by Crippen LogP contribution is 2.27. The van der Waals surface area contributed by atoms with Gasteiger partial charge >= 0.3 is 6.08 Å². The van der Waals surface area contributed by atoms with E-state index in [0.717, 1.165) is 37.8 Å². The topological polar surface area (TPSA) is 64.9 Å². The van der Waals surface area contributed by atoms with E-state index < -0.39 is 17.7 Å². The second kappa shape index (κ2) is 7.51. The van der Waals surface area contributed by atoms with Crippen LogP contribution in [0.4, 0.5) is 19.0 Å². The molecule has 1 unspecified atom stereocenters. The van der Waals surface area contributed by atoms with Crippen molar-refractivity contribution in [2.75, 3.05) is 11.9 Å². The predicted molar refractivity (Wildman–Crippen MR) is 92.4 cm³/mol. The van der Waals surface area contributed by atoms with E-state index in [0.29, 0.717) is 23.3 Å². The van der Waals surface area contributed by atoms with Gasteiger partial charge in [-0.1, -0.05) is 12.5 Å². The van der Waals surface area contributed by atoms with Crippen LogP contribution in [0.2, 0.25) is 0 Å². The Morgan fingerprint density at radius 1 is 1.11 bits per heavy atom. The van der Waals surface area contributed by atoms with Gasteiger partial charge in [0.25, 0.3) is 0 Å². The number of rotatable bonds is 4. The van der Waals surface area contributed by atoms with Gasteiger partial charge in [-0.15, -0.1) is 0 Å². The van der Waals surface area contributed by atoms with E-state index in [-0.39, 0.29) is 18.6 Å². The van der Waals surface area contributed by atoms with Crippen molar-refractivity contribution in [1.82, 2.24) is 19.5 Å². The molecule has 27 heavy (non-hydrogen) atoms. The normalized spacial score (nSPS) is 17.8. The summed E-state index contributed by atoms with van der Waals surface area (Å²) in [4.78, 5) is 11.9. The Bertz CT molecular complexity index is 954. The van der Waals surface area contributed by atoms with Crippen LogP contribution in [0.5, 0.6) is 0 Å². The smallest absolute Gasteiger partial charge is 0.312 e. The van der Waals surface area contributed by atoms with Gasteiger partial charge in [-0.05, 0) is 37.0 Å². The highest BCUT2D eigenvalue weighted by Gasteiger charge is 2.20. The van der Waals surface area contributed by atoms with Gasteiger partial charge in [0.1, 0.15) is 6.23 Å². The Labute approximate surface area is 153 Å². The fraction of sp³-hybridized carbons (Fsp3) is 0.389. The number of fused-ring (bicyclic) bond motifs is 1. The van der Waals surface area contributed by atoms with Crippen molar-refractivity contribution in [2.24, 2.45) is 0 Å². The lowest BCUT2D eigenvalue weighted by atomic mass is 10.2. The summed E-state index contributed by atoms with van der Waals surface area (Å²) in [7, 11) is 0. The highest BCUT2D eigenvalue weighted by molar-refractivity contribution is 5.82. The summed E-state index contributed by atoms with van der Waals surface area (Å²) in [5, 5.41) is 2.92. The Hall–Kier alpha value is -2.68. The number of nitrogens with zero attached hydrogens (tertiary/aromatic N) is 4. The molecule has 0 spiro atoms. The number of aromatic nitrogens is 4. The molecule has 4 rings (SSSR count). The van der Waals surface area contributed by atoms with Gasteiger partial charge in [-0.2, -0.15) is 14.4 Å². The molecule has 1 N–H and O–H groups in total. The molecule has 1 aliphatic rings. The van der Waals surface area contributed by atoms with Gasteiger partial charge in [-0.25, -0.2) is 13.8 Å². The second-order valence-corrected chi connectivity index (χ2v) is 6.44. The number of hydrogen-bond donors (Lipinski definition) is 1. The van der Waals surface area contributed by atoms with Crippen molar-refractivity contribution in [1.29, 1.82) is 0 Å². The minimum absolute atomic E-state index is 0.134. The standard InChI is InChI=1S/C18H18F3N5O/c19-12-6-5-11(8-13(12)20)9-22-16-15-17(25-18(21)24-16)26(10-23-15)14-4-2-1-3-7-27-14/h5-6,8,10,14H,1-4,7,9H2,(H,22,24,25). The maximum Gasteiger partial charge on any atom is 0.312 e. The predicted octanol–water partition coefficient (Wildman–Crippen LogP) is 3.94. The average molecular weight is 377 g/mol. The van der Waals surface area contributed by atoms with Gasteiger partial charge in [0.15, 0.2) is 28.6 Å². The zero-order valence-corrected chi connectivity index (χ0v) is 14.5. The van der Waals surface area contributed by atoms with Crippen LogP contribution in [0.1, 0.15) is 37.5 Å². The quantitative estimate of drug-likeness (QED) is 0.698. The Morgan fingerprint density at radius 3 is 2.85 bits per heavy atom. The van der Waals surface area contributed by atoms with Crippen molar-refractivity contribution in [3.05, 3.63) is 47.8 Å². The molecule has 1 aromatic carbocycles. The van der Waals surface area contributed by atoms with E-state index in [4.69, 9.17) is 4.74 Å². The summed E-state index contributed by atoms with van der Waals surface area (Å²) in [6, 6.07) is 3.56. The Morgan fingerprint density at radius 2 is 2.00 bits per heavy atom. The first-order valence-corrected chi connectivity index (χ1v) is 8.81. The van der Waals surface area contributed by atoms with Gasteiger partial charge in [-0.3, -0.25) is 4.57 Å². The van der Waals surface area contributed by atoms with E-state index in [2.05, 4.69) is 20.3 Å². The number of hydrogen-bond acceptors (Lipinski definition) is 5. The molecule has 0 saturated carbocycles. The molecule has 0 bridgehead atoms. The first kappa shape index (κ1) is 17.7. The highest BCUT2D eigenvalue weighted by atomic mass is 19.2. The molecule has 3 heterocycles. The van der Waals surface area contributed by atoms with Gasteiger partial charge in [0, 0.05) is 13.2 Å². The Kier molecular flexibility index (Phi) is 4.93. The first-order chi connectivity index (χ1) is 13.1. The van der Waals surface area contributed by atoms with Crippen molar-refractivity contribution >= 4 is 17.0 Å². The monoisotopic (exact) mass is 377 g/mol. The molecule has 2 aromatic heterocycles. The molecule has 0 radical (unpaired) electrons. The van der Waals surface area contributed by atoms with Gasteiger partial charge < -0.3 is 10.1 Å². The summed E-state index contributed by atoms with van der Waals surface area (Å²) < 4.78 is 47.9. The molecule has 3 aromatic rings. The SMILES string of the molecule is Fc1nc(NCc2ccc(F)c(F)c2)c2ncn(C3CCCCCO3)c2n1. The van der Waals surface area contributed by atoms with E-state index in [1.165, 1.54) is 6.07 Å². The van der Waals surface area contributed by atoms with E-state index in [1.54, 1.807) is 10.9 Å². The summed E-state index contributed by atoms with van der Waals surface area (Å²) in [5.74, 6) is -1.67. The number of halogens is 3. The molecule has 1 saturated heterocycles. The summed E-state index contributed by atoms with van der Waals surface area (Å²) >= 11 is 0. The zero-order chi connectivity index (χ0) is 18.8. The van der Waals surface area contributed by atoms with Crippen LogP contribution in [0, 0.1) is 17.7 Å². The van der Waals surface area contributed by atoms with Gasteiger partial charge in [0.05, 0.1) is 6.33 Å². The van der Waals surface area contributed by atoms with Crippen molar-refractivity contribution in [3.63, 3.8) is 0 Å². The molecule has 142 valence electrons. The second-order valence-electron chi connectivity index (χ2n) is 6.44. The third-order valence-corrected chi connectivity index (χ3v) is 4.55. The van der Waals surface area contributed by atoms with E-state index in [1.807, 2.05) is 0 Å². The molecule has 0 aliphatic carbocycles.